The van der Waals surface area contributed by atoms with Crippen LogP contribution < -0.4 is 0 Å². The highest BCUT2D eigenvalue weighted by Gasteiger charge is 2.03. The molecule has 0 aromatic carbocycles. The van der Waals surface area contributed by atoms with Gasteiger partial charge in [-0.25, -0.2) is 0 Å². The molecule has 1 heterocycles. The summed E-state index contributed by atoms with van der Waals surface area (Å²) in [6, 6.07) is 0. The van der Waals surface area contributed by atoms with E-state index in [1.807, 2.05) is 13.2 Å². The van der Waals surface area contributed by atoms with Crippen LogP contribution in [0, 0.1) is 0 Å². The average Bonchev–Trinajstić information content (AvgIpc) is 2.04. The molecule has 0 saturated carbocycles. The van der Waals surface area contributed by atoms with Crippen LogP contribution in [0.2, 0.25) is 0 Å². The maximum Gasteiger partial charge on any atom is 0.237 e. The first kappa shape index (κ1) is 8.26. The Hall–Kier alpha value is -0.840. The van der Waals surface area contributed by atoms with Crippen LogP contribution in [-0.4, -0.2) is 26.5 Å². The standard InChI is InChI=1S/C6H9N3OS/c1-3-4-5(10)7-6(11-2)9-8-4/h3H2,1-2H3,(H,7,9,10). The minimum absolute atomic E-state index is 0.00755. The van der Waals surface area contributed by atoms with Gasteiger partial charge in [0.15, 0.2) is 0 Å². The number of aryl methyl sites for hydroxylation is 1. The third-order valence-electron chi connectivity index (χ3n) is 1.23. The van der Waals surface area contributed by atoms with Gasteiger partial charge in [-0.05, 0) is 12.7 Å². The summed E-state index contributed by atoms with van der Waals surface area (Å²) < 4.78 is 0. The van der Waals surface area contributed by atoms with E-state index in [2.05, 4.69) is 15.2 Å². The molecular formula is C6H9N3OS. The lowest BCUT2D eigenvalue weighted by Gasteiger charge is -1.98. The van der Waals surface area contributed by atoms with Crippen LogP contribution in [0.4, 0.5) is 0 Å². The molecule has 0 amide bonds. The third-order valence-corrected chi connectivity index (χ3v) is 1.77. The molecule has 1 rings (SSSR count). The first-order chi connectivity index (χ1) is 5.27. The summed E-state index contributed by atoms with van der Waals surface area (Å²) in [6.07, 6.45) is 2.49. The Morgan fingerprint density at radius 2 is 2.18 bits per heavy atom. The first-order valence-corrected chi connectivity index (χ1v) is 4.47. The maximum absolute atomic E-state index is 9.20. The van der Waals surface area contributed by atoms with Gasteiger partial charge in [-0.1, -0.05) is 18.7 Å². The van der Waals surface area contributed by atoms with Crippen LogP contribution >= 0.6 is 11.8 Å². The third kappa shape index (κ3) is 1.80. The second-order valence-corrected chi connectivity index (χ2v) is 2.70. The van der Waals surface area contributed by atoms with Gasteiger partial charge >= 0.3 is 0 Å². The Morgan fingerprint density at radius 1 is 1.45 bits per heavy atom. The highest BCUT2D eigenvalue weighted by atomic mass is 32.2. The fraction of sp³-hybridized carbons (Fsp3) is 0.500. The Balaban J connectivity index is 2.99. The van der Waals surface area contributed by atoms with Crippen molar-refractivity contribution in [2.45, 2.75) is 18.5 Å². The Morgan fingerprint density at radius 3 is 2.64 bits per heavy atom. The van der Waals surface area contributed by atoms with Crippen LogP contribution in [0.5, 0.6) is 5.88 Å². The molecule has 0 bridgehead atoms. The molecule has 5 heteroatoms. The summed E-state index contributed by atoms with van der Waals surface area (Å²) in [4.78, 5) is 3.81. The van der Waals surface area contributed by atoms with Gasteiger partial charge in [0.25, 0.3) is 0 Å². The van der Waals surface area contributed by atoms with E-state index in [1.54, 1.807) is 0 Å². The molecule has 1 aromatic rings. The number of aromatic nitrogens is 3. The van der Waals surface area contributed by atoms with E-state index in [4.69, 9.17) is 0 Å². The molecule has 11 heavy (non-hydrogen) atoms. The molecule has 0 aliphatic carbocycles. The molecule has 0 aliphatic heterocycles. The van der Waals surface area contributed by atoms with Crippen LogP contribution in [0.25, 0.3) is 0 Å². The van der Waals surface area contributed by atoms with E-state index in [1.165, 1.54) is 11.8 Å². The summed E-state index contributed by atoms with van der Waals surface area (Å²) in [5, 5.41) is 17.3. The van der Waals surface area contributed by atoms with E-state index >= 15 is 0 Å². The highest BCUT2D eigenvalue weighted by molar-refractivity contribution is 7.98. The van der Waals surface area contributed by atoms with Crippen LogP contribution in [0.3, 0.4) is 0 Å². The molecule has 1 N–H and O–H groups in total. The monoisotopic (exact) mass is 171 g/mol. The first-order valence-electron chi connectivity index (χ1n) is 3.24. The zero-order chi connectivity index (χ0) is 8.27. The largest absolute Gasteiger partial charge is 0.492 e. The van der Waals surface area contributed by atoms with Gasteiger partial charge < -0.3 is 5.11 Å². The lowest BCUT2D eigenvalue weighted by molar-refractivity contribution is 0.429. The van der Waals surface area contributed by atoms with E-state index < -0.39 is 0 Å². The Labute approximate surface area is 69.1 Å². The smallest absolute Gasteiger partial charge is 0.237 e. The summed E-state index contributed by atoms with van der Waals surface area (Å²) in [6.45, 7) is 1.89. The van der Waals surface area contributed by atoms with Crippen molar-refractivity contribution in [1.29, 1.82) is 0 Å². The quantitative estimate of drug-likeness (QED) is 0.669. The zero-order valence-corrected chi connectivity index (χ0v) is 7.22. The average molecular weight is 171 g/mol. The minimum Gasteiger partial charge on any atom is -0.492 e. The molecule has 0 spiro atoms. The molecule has 60 valence electrons. The van der Waals surface area contributed by atoms with Crippen molar-refractivity contribution < 1.29 is 5.11 Å². The highest BCUT2D eigenvalue weighted by Crippen LogP contribution is 2.14. The molecular weight excluding hydrogens is 162 g/mol. The minimum atomic E-state index is -0.00755. The fourth-order valence-electron chi connectivity index (χ4n) is 0.641. The van der Waals surface area contributed by atoms with Crippen molar-refractivity contribution in [3.05, 3.63) is 5.69 Å². The van der Waals surface area contributed by atoms with Gasteiger partial charge in [-0.2, -0.15) is 4.98 Å². The maximum atomic E-state index is 9.20. The van der Waals surface area contributed by atoms with Crippen molar-refractivity contribution in [2.24, 2.45) is 0 Å². The predicted octanol–water partition coefficient (Wildman–Crippen LogP) is 0.861. The lowest BCUT2D eigenvalue weighted by atomic mass is 10.3. The van der Waals surface area contributed by atoms with Crippen molar-refractivity contribution in [3.63, 3.8) is 0 Å². The molecule has 0 unspecified atom stereocenters. The molecule has 0 saturated heterocycles. The van der Waals surface area contributed by atoms with Crippen molar-refractivity contribution in [2.75, 3.05) is 6.26 Å². The van der Waals surface area contributed by atoms with Gasteiger partial charge in [-0.3, -0.25) is 0 Å². The number of hydrogen-bond acceptors (Lipinski definition) is 5. The van der Waals surface area contributed by atoms with E-state index in [-0.39, 0.29) is 5.88 Å². The summed E-state index contributed by atoms with van der Waals surface area (Å²) in [7, 11) is 0. The molecule has 1 aromatic heterocycles. The molecule has 0 atom stereocenters. The van der Waals surface area contributed by atoms with Gasteiger partial charge in [0.1, 0.15) is 5.69 Å². The Bertz CT molecular complexity index is 254. The lowest BCUT2D eigenvalue weighted by Crippen LogP contribution is -1.96. The van der Waals surface area contributed by atoms with Crippen molar-refractivity contribution >= 4 is 11.8 Å². The number of hydrogen-bond donors (Lipinski definition) is 1. The van der Waals surface area contributed by atoms with Crippen LogP contribution in [-0.2, 0) is 6.42 Å². The second-order valence-electron chi connectivity index (χ2n) is 1.92. The topological polar surface area (TPSA) is 58.9 Å². The predicted molar refractivity (Wildman–Crippen MR) is 42.7 cm³/mol. The number of nitrogens with zero attached hydrogens (tertiary/aromatic N) is 3. The summed E-state index contributed by atoms with van der Waals surface area (Å²) in [5.41, 5.74) is 0.544. The zero-order valence-electron chi connectivity index (χ0n) is 6.40. The van der Waals surface area contributed by atoms with Gasteiger partial charge in [0, 0.05) is 0 Å². The van der Waals surface area contributed by atoms with Gasteiger partial charge in [0.05, 0.1) is 0 Å². The van der Waals surface area contributed by atoms with E-state index in [0.29, 0.717) is 17.3 Å². The molecule has 0 radical (unpaired) electrons. The van der Waals surface area contributed by atoms with Crippen molar-refractivity contribution in [1.82, 2.24) is 15.2 Å². The fourth-order valence-corrected chi connectivity index (χ4v) is 0.941. The van der Waals surface area contributed by atoms with Gasteiger partial charge in [0.2, 0.25) is 11.0 Å². The van der Waals surface area contributed by atoms with Gasteiger partial charge in [-0.15, -0.1) is 10.2 Å². The second kappa shape index (κ2) is 3.52. The van der Waals surface area contributed by atoms with Crippen LogP contribution in [0.1, 0.15) is 12.6 Å². The number of aromatic hydroxyl groups is 1. The molecule has 0 fully saturated rings. The Kier molecular flexibility index (Phi) is 2.64. The van der Waals surface area contributed by atoms with Crippen LogP contribution in [0.15, 0.2) is 5.16 Å². The van der Waals surface area contributed by atoms with Crippen molar-refractivity contribution in [3.8, 4) is 5.88 Å². The molecule has 4 nitrogen and oxygen atoms in total. The SMILES string of the molecule is CCc1nnc(SC)nc1O. The summed E-state index contributed by atoms with van der Waals surface area (Å²) >= 11 is 1.36. The molecule has 0 aliphatic rings. The van der Waals surface area contributed by atoms with E-state index in [0.717, 1.165) is 0 Å². The summed E-state index contributed by atoms with van der Waals surface area (Å²) in [5.74, 6) is -0.00755. The normalized spacial score (nSPS) is 10.0. The number of rotatable bonds is 2. The van der Waals surface area contributed by atoms with E-state index in [9.17, 15) is 5.11 Å². The number of thioether (sulfide) groups is 1.